The van der Waals surface area contributed by atoms with Crippen LogP contribution >= 0.6 is 0 Å². The zero-order valence-corrected chi connectivity index (χ0v) is 17.2. The molecule has 2 aromatic rings. The molecule has 1 spiro atoms. The molecule has 142 valence electrons. The lowest BCUT2D eigenvalue weighted by molar-refractivity contribution is -0.123. The largest absolute Gasteiger partial charge is 0.377 e. The highest BCUT2D eigenvalue weighted by Crippen LogP contribution is 2.50. The van der Waals surface area contributed by atoms with Gasteiger partial charge in [-0.2, -0.15) is 0 Å². The standard InChI is InChI=1S/C22H26FNO2Si/c1-27(2,3)14-17-12-22(15-26-17)18-10-7-11-19(23)20(18)24(21(22)25)13-16-8-5-4-6-9-16/h4-11,17H,12-15H2,1-3H3. The average molecular weight is 384 g/mol. The van der Waals surface area contributed by atoms with Gasteiger partial charge in [-0.15, -0.1) is 0 Å². The molecule has 27 heavy (non-hydrogen) atoms. The number of halogens is 1. The Labute approximate surface area is 161 Å². The Hall–Kier alpha value is -1.98. The van der Waals surface area contributed by atoms with E-state index in [1.54, 1.807) is 11.0 Å². The van der Waals surface area contributed by atoms with Crippen molar-refractivity contribution in [2.45, 2.75) is 50.2 Å². The van der Waals surface area contributed by atoms with E-state index < -0.39 is 13.5 Å². The maximum Gasteiger partial charge on any atom is 0.240 e. The Bertz CT molecular complexity index is 864. The van der Waals surface area contributed by atoms with Gasteiger partial charge in [-0.3, -0.25) is 4.79 Å². The molecular weight excluding hydrogens is 357 g/mol. The van der Waals surface area contributed by atoms with Crippen LogP contribution in [0.4, 0.5) is 10.1 Å². The molecule has 2 heterocycles. The average Bonchev–Trinajstić information content (AvgIpc) is 3.12. The van der Waals surface area contributed by atoms with Gasteiger partial charge in [0.1, 0.15) is 11.2 Å². The molecule has 0 saturated carbocycles. The van der Waals surface area contributed by atoms with Crippen LogP contribution in [0.5, 0.6) is 0 Å². The van der Waals surface area contributed by atoms with Crippen LogP contribution in [-0.4, -0.2) is 26.7 Å². The van der Waals surface area contributed by atoms with Crippen molar-refractivity contribution >= 4 is 19.7 Å². The number of hydrogen-bond acceptors (Lipinski definition) is 2. The topological polar surface area (TPSA) is 29.5 Å². The smallest absolute Gasteiger partial charge is 0.240 e. The zero-order valence-electron chi connectivity index (χ0n) is 16.2. The predicted molar refractivity (Wildman–Crippen MR) is 108 cm³/mol. The number of ether oxygens (including phenoxy) is 1. The fourth-order valence-corrected chi connectivity index (χ4v) is 6.11. The Morgan fingerprint density at radius 3 is 2.59 bits per heavy atom. The van der Waals surface area contributed by atoms with Gasteiger partial charge in [0.25, 0.3) is 0 Å². The molecule has 0 N–H and O–H groups in total. The second-order valence-electron chi connectivity index (χ2n) is 9.00. The molecule has 3 nitrogen and oxygen atoms in total. The number of benzene rings is 2. The van der Waals surface area contributed by atoms with Gasteiger partial charge in [0.05, 0.1) is 24.9 Å². The third-order valence-electron chi connectivity index (χ3n) is 5.59. The van der Waals surface area contributed by atoms with Crippen LogP contribution in [-0.2, 0) is 21.5 Å². The van der Waals surface area contributed by atoms with E-state index in [0.717, 1.165) is 17.2 Å². The van der Waals surface area contributed by atoms with E-state index >= 15 is 0 Å². The lowest BCUT2D eigenvalue weighted by Crippen LogP contribution is -2.41. The first-order valence-electron chi connectivity index (χ1n) is 9.57. The molecule has 2 unspecified atom stereocenters. The zero-order chi connectivity index (χ0) is 19.2. The molecule has 1 saturated heterocycles. The summed E-state index contributed by atoms with van der Waals surface area (Å²) in [6.07, 6.45) is 0.728. The first-order valence-corrected chi connectivity index (χ1v) is 13.3. The highest BCUT2D eigenvalue weighted by molar-refractivity contribution is 6.76. The van der Waals surface area contributed by atoms with E-state index in [4.69, 9.17) is 4.74 Å². The Morgan fingerprint density at radius 1 is 1.15 bits per heavy atom. The fourth-order valence-electron chi connectivity index (χ4n) is 4.49. The summed E-state index contributed by atoms with van der Waals surface area (Å²) in [7, 11) is -1.32. The van der Waals surface area contributed by atoms with E-state index in [0.29, 0.717) is 25.3 Å². The van der Waals surface area contributed by atoms with Gasteiger partial charge in [0.15, 0.2) is 0 Å². The summed E-state index contributed by atoms with van der Waals surface area (Å²) < 4.78 is 20.9. The second-order valence-corrected chi connectivity index (χ2v) is 14.5. The quantitative estimate of drug-likeness (QED) is 0.714. The molecule has 2 aliphatic heterocycles. The van der Waals surface area contributed by atoms with Gasteiger partial charge >= 0.3 is 0 Å². The summed E-state index contributed by atoms with van der Waals surface area (Å²) in [5.41, 5.74) is 1.48. The molecule has 0 aliphatic carbocycles. The minimum absolute atomic E-state index is 0.0236. The highest BCUT2D eigenvalue weighted by Gasteiger charge is 2.56. The molecule has 2 aliphatic rings. The summed E-state index contributed by atoms with van der Waals surface area (Å²) in [6.45, 7) is 7.67. The Kier molecular flexibility index (Phi) is 4.47. The molecule has 0 aromatic heterocycles. The van der Waals surface area contributed by atoms with E-state index in [-0.39, 0.29) is 17.8 Å². The van der Waals surface area contributed by atoms with E-state index in [2.05, 4.69) is 19.6 Å². The van der Waals surface area contributed by atoms with Gasteiger partial charge in [0.2, 0.25) is 5.91 Å². The first kappa shape index (κ1) is 18.4. The van der Waals surface area contributed by atoms with Crippen molar-refractivity contribution in [3.05, 3.63) is 65.5 Å². The van der Waals surface area contributed by atoms with Crippen LogP contribution in [0, 0.1) is 5.82 Å². The molecule has 2 aromatic carbocycles. The van der Waals surface area contributed by atoms with Crippen LogP contribution in [0.2, 0.25) is 25.7 Å². The monoisotopic (exact) mass is 383 g/mol. The number of nitrogens with zero attached hydrogens (tertiary/aromatic N) is 1. The van der Waals surface area contributed by atoms with Gasteiger partial charge < -0.3 is 9.64 Å². The summed E-state index contributed by atoms with van der Waals surface area (Å²) in [5.74, 6) is -0.355. The minimum Gasteiger partial charge on any atom is -0.377 e. The number of para-hydroxylation sites is 1. The lowest BCUT2D eigenvalue weighted by Gasteiger charge is -2.24. The van der Waals surface area contributed by atoms with Crippen LogP contribution in [0.15, 0.2) is 48.5 Å². The lowest BCUT2D eigenvalue weighted by atomic mass is 9.79. The second kappa shape index (κ2) is 6.57. The number of anilines is 1. The van der Waals surface area contributed by atoms with E-state index in [1.807, 2.05) is 36.4 Å². The molecular formula is C22H26FNO2Si. The Morgan fingerprint density at radius 2 is 1.89 bits per heavy atom. The number of rotatable bonds is 4. The van der Waals surface area contributed by atoms with Gasteiger partial charge in [-0.05, 0) is 29.7 Å². The number of carbonyl (C=O) groups excluding carboxylic acids is 1. The fraction of sp³-hybridized carbons (Fsp3) is 0.409. The van der Waals surface area contributed by atoms with Crippen molar-refractivity contribution in [1.82, 2.24) is 0 Å². The molecule has 1 amide bonds. The maximum atomic E-state index is 14.8. The van der Waals surface area contributed by atoms with Crippen LogP contribution < -0.4 is 4.90 Å². The maximum absolute atomic E-state index is 14.8. The highest BCUT2D eigenvalue weighted by atomic mass is 28.3. The Balaban J connectivity index is 1.71. The molecule has 5 heteroatoms. The normalized spacial score (nSPS) is 24.7. The van der Waals surface area contributed by atoms with Crippen molar-refractivity contribution in [3.8, 4) is 0 Å². The summed E-state index contributed by atoms with van der Waals surface area (Å²) in [4.78, 5) is 15.2. The molecule has 4 rings (SSSR count). The molecule has 0 radical (unpaired) electrons. The van der Waals surface area contributed by atoms with Crippen molar-refractivity contribution in [2.75, 3.05) is 11.5 Å². The third kappa shape index (κ3) is 3.23. The van der Waals surface area contributed by atoms with Gasteiger partial charge in [-0.1, -0.05) is 62.1 Å². The van der Waals surface area contributed by atoms with Gasteiger partial charge in [0, 0.05) is 8.07 Å². The van der Waals surface area contributed by atoms with Crippen molar-refractivity contribution < 1.29 is 13.9 Å². The SMILES string of the molecule is C[Si](C)(C)CC1CC2(CO1)C(=O)N(Cc1ccccc1)c1c(F)cccc12. The minimum atomic E-state index is -1.32. The number of carbonyl (C=O) groups is 1. The van der Waals surface area contributed by atoms with Crippen molar-refractivity contribution in [1.29, 1.82) is 0 Å². The summed E-state index contributed by atoms with van der Waals surface area (Å²) in [5, 5.41) is 0. The predicted octanol–water partition coefficient (Wildman–Crippen LogP) is 4.74. The number of amides is 1. The summed E-state index contributed by atoms with van der Waals surface area (Å²) >= 11 is 0. The first-order chi connectivity index (χ1) is 12.8. The van der Waals surface area contributed by atoms with Crippen LogP contribution in [0.25, 0.3) is 0 Å². The van der Waals surface area contributed by atoms with Crippen molar-refractivity contribution in [2.24, 2.45) is 0 Å². The van der Waals surface area contributed by atoms with E-state index in [1.165, 1.54) is 6.07 Å². The van der Waals surface area contributed by atoms with Crippen molar-refractivity contribution in [3.63, 3.8) is 0 Å². The number of hydrogen-bond donors (Lipinski definition) is 0. The van der Waals surface area contributed by atoms with Gasteiger partial charge in [-0.25, -0.2) is 4.39 Å². The van der Waals surface area contributed by atoms with E-state index in [9.17, 15) is 9.18 Å². The third-order valence-corrected chi connectivity index (χ3v) is 7.27. The van der Waals surface area contributed by atoms with Crippen LogP contribution in [0.3, 0.4) is 0 Å². The summed E-state index contributed by atoms with van der Waals surface area (Å²) in [6, 6.07) is 15.8. The molecule has 0 bridgehead atoms. The molecule has 2 atom stereocenters. The molecule has 1 fully saturated rings. The van der Waals surface area contributed by atoms with Crippen LogP contribution in [0.1, 0.15) is 17.5 Å². The number of fused-ring (bicyclic) bond motifs is 2.